The first-order valence-electron chi connectivity index (χ1n) is 8.43. The second kappa shape index (κ2) is 6.48. The highest BCUT2D eigenvalue weighted by atomic mass is 16.2. The van der Waals surface area contributed by atoms with E-state index < -0.39 is 0 Å². The van der Waals surface area contributed by atoms with Gasteiger partial charge in [-0.25, -0.2) is 4.98 Å². The zero-order valence-electron chi connectivity index (χ0n) is 14.1. The number of aromatic nitrogens is 1. The number of benzene rings is 1. The number of nitrogens with zero attached hydrogens (tertiary/aromatic N) is 4. The Morgan fingerprint density at radius 1 is 1.31 bits per heavy atom. The fraction of sp³-hybridized carbons (Fsp3) is 0.263. The van der Waals surface area contributed by atoms with Crippen LogP contribution in [-0.2, 0) is 11.3 Å². The van der Waals surface area contributed by atoms with Crippen LogP contribution in [0.5, 0.6) is 0 Å². The molecule has 130 valence electrons. The van der Waals surface area contributed by atoms with Gasteiger partial charge >= 0.3 is 0 Å². The predicted molar refractivity (Wildman–Crippen MR) is 95.4 cm³/mol. The lowest BCUT2D eigenvalue weighted by atomic mass is 10.0. The number of hydrogen-bond donors (Lipinski definition) is 1. The second-order valence-electron chi connectivity index (χ2n) is 6.45. The molecule has 2 aliphatic rings. The minimum absolute atomic E-state index is 0.0683. The summed E-state index contributed by atoms with van der Waals surface area (Å²) in [6.45, 7) is 1.48. The lowest BCUT2D eigenvalue weighted by Gasteiger charge is -2.35. The van der Waals surface area contributed by atoms with Crippen LogP contribution in [0.1, 0.15) is 15.9 Å². The van der Waals surface area contributed by atoms with Gasteiger partial charge in [-0.05, 0) is 11.6 Å². The van der Waals surface area contributed by atoms with Crippen molar-refractivity contribution in [3.05, 3.63) is 53.7 Å². The Labute approximate surface area is 150 Å². The van der Waals surface area contributed by atoms with Crippen molar-refractivity contribution in [2.75, 3.05) is 29.9 Å². The van der Waals surface area contributed by atoms with E-state index in [9.17, 15) is 9.59 Å². The van der Waals surface area contributed by atoms with Gasteiger partial charge in [0, 0.05) is 19.3 Å². The van der Waals surface area contributed by atoms with Crippen LogP contribution < -0.4 is 10.2 Å². The Morgan fingerprint density at radius 2 is 2.08 bits per heavy atom. The van der Waals surface area contributed by atoms with E-state index in [1.807, 2.05) is 30.3 Å². The minimum atomic E-state index is -0.163. The third kappa shape index (κ3) is 2.86. The number of fused-ring (bicyclic) bond motifs is 1. The van der Waals surface area contributed by atoms with Crippen LogP contribution in [-0.4, -0.2) is 41.3 Å². The zero-order valence-corrected chi connectivity index (χ0v) is 14.1. The molecule has 0 aliphatic carbocycles. The summed E-state index contributed by atoms with van der Waals surface area (Å²) in [6.07, 6.45) is 1.52. The van der Waals surface area contributed by atoms with E-state index in [-0.39, 0.29) is 24.3 Å². The highest BCUT2D eigenvalue weighted by Crippen LogP contribution is 2.30. The molecular weight excluding hydrogens is 330 g/mol. The molecule has 1 saturated heterocycles. The Hall–Kier alpha value is -3.40. The van der Waals surface area contributed by atoms with Crippen LogP contribution in [0, 0.1) is 17.2 Å². The SMILES string of the molecule is N#CC1CN(C(=O)c2cnc3c(c2)N(Cc2ccccc2)C(=O)CN3)C1. The van der Waals surface area contributed by atoms with Crippen LogP contribution in [0.15, 0.2) is 42.6 Å². The number of carbonyl (C=O) groups is 2. The Bertz CT molecular complexity index is 900. The molecular formula is C19H17N5O2. The minimum Gasteiger partial charge on any atom is -0.359 e. The molecule has 0 radical (unpaired) electrons. The summed E-state index contributed by atoms with van der Waals surface area (Å²) < 4.78 is 0. The summed E-state index contributed by atoms with van der Waals surface area (Å²) in [7, 11) is 0. The van der Waals surface area contributed by atoms with E-state index in [2.05, 4.69) is 16.4 Å². The molecule has 1 N–H and O–H groups in total. The van der Waals surface area contributed by atoms with E-state index in [1.165, 1.54) is 6.20 Å². The molecule has 3 heterocycles. The summed E-state index contributed by atoms with van der Waals surface area (Å²) in [5.74, 6) is 0.267. The van der Waals surface area contributed by atoms with E-state index in [4.69, 9.17) is 5.26 Å². The monoisotopic (exact) mass is 347 g/mol. The first-order valence-corrected chi connectivity index (χ1v) is 8.43. The van der Waals surface area contributed by atoms with Gasteiger partial charge in [-0.2, -0.15) is 5.26 Å². The first kappa shape index (κ1) is 16.1. The number of nitriles is 1. The van der Waals surface area contributed by atoms with Crippen molar-refractivity contribution in [2.24, 2.45) is 5.92 Å². The van der Waals surface area contributed by atoms with E-state index in [0.29, 0.717) is 36.7 Å². The fourth-order valence-corrected chi connectivity index (χ4v) is 3.15. The second-order valence-corrected chi connectivity index (χ2v) is 6.45. The van der Waals surface area contributed by atoms with Crippen LogP contribution in [0.25, 0.3) is 0 Å². The van der Waals surface area contributed by atoms with Gasteiger partial charge in [0.1, 0.15) is 0 Å². The number of rotatable bonds is 3. The van der Waals surface area contributed by atoms with Crippen LogP contribution in [0.4, 0.5) is 11.5 Å². The van der Waals surface area contributed by atoms with Gasteiger partial charge in [0.05, 0.1) is 36.3 Å². The Balaban J connectivity index is 1.61. The number of amides is 2. The fourth-order valence-electron chi connectivity index (χ4n) is 3.15. The standard InChI is InChI=1S/C19H17N5O2/c20-7-14-10-23(11-14)19(26)15-6-16-18(21-8-15)22-9-17(25)24(16)12-13-4-2-1-3-5-13/h1-6,8,14H,9-12H2,(H,21,22). The first-order chi connectivity index (χ1) is 12.7. The number of carbonyl (C=O) groups excluding carboxylic acids is 2. The third-order valence-electron chi connectivity index (χ3n) is 4.65. The van der Waals surface area contributed by atoms with Gasteiger partial charge in [0.25, 0.3) is 5.91 Å². The van der Waals surface area contributed by atoms with Gasteiger partial charge in [-0.3, -0.25) is 9.59 Å². The van der Waals surface area contributed by atoms with E-state index in [0.717, 1.165) is 5.56 Å². The topological polar surface area (TPSA) is 89.3 Å². The van der Waals surface area contributed by atoms with Crippen molar-refractivity contribution in [2.45, 2.75) is 6.54 Å². The van der Waals surface area contributed by atoms with Gasteiger partial charge in [0.15, 0.2) is 5.82 Å². The smallest absolute Gasteiger partial charge is 0.255 e. The third-order valence-corrected chi connectivity index (χ3v) is 4.65. The maximum atomic E-state index is 12.6. The number of nitrogens with one attached hydrogen (secondary N) is 1. The zero-order chi connectivity index (χ0) is 18.1. The molecule has 4 rings (SSSR count). The summed E-state index contributed by atoms with van der Waals surface area (Å²) >= 11 is 0. The molecule has 0 unspecified atom stereocenters. The molecule has 1 aromatic carbocycles. The molecule has 0 saturated carbocycles. The number of pyridine rings is 1. The van der Waals surface area contributed by atoms with Crippen molar-refractivity contribution in [3.63, 3.8) is 0 Å². The quantitative estimate of drug-likeness (QED) is 0.912. The van der Waals surface area contributed by atoms with Crippen molar-refractivity contribution < 1.29 is 9.59 Å². The normalized spacial score (nSPS) is 16.3. The Morgan fingerprint density at radius 3 is 2.81 bits per heavy atom. The maximum absolute atomic E-state index is 12.6. The average molecular weight is 347 g/mol. The maximum Gasteiger partial charge on any atom is 0.255 e. The molecule has 26 heavy (non-hydrogen) atoms. The van der Waals surface area contributed by atoms with Crippen molar-refractivity contribution in [1.82, 2.24) is 9.88 Å². The molecule has 0 spiro atoms. The van der Waals surface area contributed by atoms with Gasteiger partial charge in [0.2, 0.25) is 5.91 Å². The van der Waals surface area contributed by atoms with Gasteiger partial charge in [-0.15, -0.1) is 0 Å². The van der Waals surface area contributed by atoms with Crippen LogP contribution in [0.3, 0.4) is 0 Å². The molecule has 1 aromatic heterocycles. The molecule has 2 aromatic rings. The summed E-state index contributed by atoms with van der Waals surface area (Å²) in [4.78, 5) is 32.6. The van der Waals surface area contributed by atoms with Crippen LogP contribution in [0.2, 0.25) is 0 Å². The average Bonchev–Trinajstić information content (AvgIpc) is 2.63. The lowest BCUT2D eigenvalue weighted by molar-refractivity contribution is -0.117. The summed E-state index contributed by atoms with van der Waals surface area (Å²) in [5.41, 5.74) is 2.04. The van der Waals surface area contributed by atoms with Crippen molar-refractivity contribution in [3.8, 4) is 6.07 Å². The summed E-state index contributed by atoms with van der Waals surface area (Å²) in [6, 6.07) is 13.6. The lowest BCUT2D eigenvalue weighted by Crippen LogP contribution is -2.49. The number of hydrogen-bond acceptors (Lipinski definition) is 5. The molecule has 0 bridgehead atoms. The van der Waals surface area contributed by atoms with E-state index in [1.54, 1.807) is 15.9 Å². The van der Waals surface area contributed by atoms with Gasteiger partial charge < -0.3 is 15.1 Å². The van der Waals surface area contributed by atoms with Crippen LogP contribution >= 0.6 is 0 Å². The molecule has 1 fully saturated rings. The molecule has 0 atom stereocenters. The molecule has 2 aliphatic heterocycles. The van der Waals surface area contributed by atoms with Crippen molar-refractivity contribution in [1.29, 1.82) is 5.26 Å². The van der Waals surface area contributed by atoms with Crippen molar-refractivity contribution >= 4 is 23.3 Å². The largest absolute Gasteiger partial charge is 0.359 e. The Kier molecular flexibility index (Phi) is 4.01. The van der Waals surface area contributed by atoms with E-state index >= 15 is 0 Å². The molecule has 7 nitrogen and oxygen atoms in total. The van der Waals surface area contributed by atoms with Gasteiger partial charge in [-0.1, -0.05) is 30.3 Å². The predicted octanol–water partition coefficient (Wildman–Crippen LogP) is 1.64. The molecule has 2 amide bonds. The highest BCUT2D eigenvalue weighted by Gasteiger charge is 2.32. The number of likely N-dealkylation sites (tertiary alicyclic amines) is 1. The summed E-state index contributed by atoms with van der Waals surface area (Å²) in [5, 5.41) is 11.9. The molecule has 7 heteroatoms. The number of anilines is 2. The highest BCUT2D eigenvalue weighted by molar-refractivity contribution is 6.04.